The van der Waals surface area contributed by atoms with E-state index in [-0.39, 0.29) is 12.4 Å². The smallest absolute Gasteiger partial charge is 0.191 e. The number of methoxy groups -OCH3 is 1. The molecule has 0 aliphatic rings. The van der Waals surface area contributed by atoms with Crippen LogP contribution < -0.4 is 10.6 Å². The molecule has 1 heterocycles. The number of ether oxygens (including phenoxy) is 1. The minimum Gasteiger partial charge on any atom is -0.380 e. The first-order valence-corrected chi connectivity index (χ1v) is 8.06. The molecular weight excluding hydrogens is 315 g/mol. The third-order valence-corrected chi connectivity index (χ3v) is 4.08. The van der Waals surface area contributed by atoms with Crippen molar-refractivity contribution in [3.63, 3.8) is 0 Å². The molecule has 7 heteroatoms. The Hall–Kier alpha value is -1.99. The van der Waals surface area contributed by atoms with Crippen molar-refractivity contribution in [1.29, 1.82) is 0 Å². The summed E-state index contributed by atoms with van der Waals surface area (Å²) in [6.45, 7) is 3.46. The number of aryl methyl sites for hydroxylation is 1. The largest absolute Gasteiger partial charge is 0.380 e. The first-order chi connectivity index (χ1) is 11.1. The summed E-state index contributed by atoms with van der Waals surface area (Å²) in [5, 5.41) is 7.42. The van der Waals surface area contributed by atoms with Crippen molar-refractivity contribution in [3.8, 4) is 0 Å². The summed E-state index contributed by atoms with van der Waals surface area (Å²) in [5.74, 6) is 0.424. The van der Waals surface area contributed by atoms with Crippen LogP contribution in [0.15, 0.2) is 29.4 Å². The number of guanidine groups is 1. The molecule has 0 amide bonds. The average molecular weight is 336 g/mol. The van der Waals surface area contributed by atoms with Crippen molar-refractivity contribution < 1.29 is 9.13 Å². The zero-order valence-corrected chi connectivity index (χ0v) is 14.3. The van der Waals surface area contributed by atoms with E-state index < -0.39 is 0 Å². The Kier molecular flexibility index (Phi) is 6.49. The lowest BCUT2D eigenvalue weighted by Crippen LogP contribution is -2.36. The van der Waals surface area contributed by atoms with Gasteiger partial charge >= 0.3 is 0 Å². The molecule has 23 heavy (non-hydrogen) atoms. The molecule has 0 aliphatic carbocycles. The van der Waals surface area contributed by atoms with Crippen LogP contribution >= 0.6 is 11.3 Å². The number of aliphatic imine (C=N–C) groups is 1. The van der Waals surface area contributed by atoms with Gasteiger partial charge in [0.05, 0.1) is 13.2 Å². The predicted octanol–water partition coefficient (Wildman–Crippen LogP) is 2.60. The van der Waals surface area contributed by atoms with Gasteiger partial charge in [0.1, 0.15) is 10.8 Å². The topological polar surface area (TPSA) is 58.5 Å². The lowest BCUT2D eigenvalue weighted by molar-refractivity contribution is 0.181. The van der Waals surface area contributed by atoms with E-state index in [1.54, 1.807) is 37.6 Å². The maximum atomic E-state index is 13.6. The number of halogens is 1. The van der Waals surface area contributed by atoms with E-state index in [1.165, 1.54) is 10.9 Å². The number of thiazole rings is 1. The van der Waals surface area contributed by atoms with E-state index in [9.17, 15) is 4.39 Å². The van der Waals surface area contributed by atoms with Crippen LogP contribution in [-0.2, 0) is 24.4 Å². The van der Waals surface area contributed by atoms with Crippen molar-refractivity contribution in [2.45, 2.75) is 26.6 Å². The van der Waals surface area contributed by atoms with Crippen LogP contribution in [0.4, 0.5) is 4.39 Å². The van der Waals surface area contributed by atoms with Gasteiger partial charge in [-0.05, 0) is 24.6 Å². The molecule has 0 saturated heterocycles. The van der Waals surface area contributed by atoms with E-state index in [0.717, 1.165) is 10.6 Å². The van der Waals surface area contributed by atoms with Crippen molar-refractivity contribution in [2.24, 2.45) is 4.99 Å². The molecule has 0 radical (unpaired) electrons. The monoisotopic (exact) mass is 336 g/mol. The van der Waals surface area contributed by atoms with Crippen LogP contribution in [0.25, 0.3) is 0 Å². The Morgan fingerprint density at radius 3 is 2.78 bits per heavy atom. The lowest BCUT2D eigenvalue weighted by Gasteiger charge is -2.12. The normalized spacial score (nSPS) is 11.6. The van der Waals surface area contributed by atoms with Gasteiger partial charge in [0.2, 0.25) is 0 Å². The number of hydrogen-bond donors (Lipinski definition) is 2. The fourth-order valence-corrected chi connectivity index (χ4v) is 2.78. The van der Waals surface area contributed by atoms with Gasteiger partial charge < -0.3 is 15.4 Å². The third kappa shape index (κ3) is 5.30. The highest BCUT2D eigenvalue weighted by molar-refractivity contribution is 7.11. The Morgan fingerprint density at radius 2 is 2.13 bits per heavy atom. The summed E-state index contributed by atoms with van der Waals surface area (Å²) in [6, 6.07) is 5.00. The second kappa shape index (κ2) is 8.59. The third-order valence-electron chi connectivity index (χ3n) is 3.17. The number of nitrogens with one attached hydrogen (secondary N) is 2. The molecule has 2 N–H and O–H groups in total. The Bertz CT molecular complexity index is 672. The minimum absolute atomic E-state index is 0.253. The summed E-state index contributed by atoms with van der Waals surface area (Å²) in [7, 11) is 3.26. The summed E-state index contributed by atoms with van der Waals surface area (Å²) in [4.78, 5) is 9.66. The molecule has 0 unspecified atom stereocenters. The van der Waals surface area contributed by atoms with Crippen molar-refractivity contribution in [3.05, 3.63) is 51.2 Å². The van der Waals surface area contributed by atoms with E-state index in [2.05, 4.69) is 20.6 Å². The molecule has 0 fully saturated rings. The van der Waals surface area contributed by atoms with E-state index in [1.807, 2.05) is 13.1 Å². The molecule has 5 nitrogen and oxygen atoms in total. The van der Waals surface area contributed by atoms with Gasteiger partial charge in [0.15, 0.2) is 5.96 Å². The van der Waals surface area contributed by atoms with Gasteiger partial charge in [-0.1, -0.05) is 6.07 Å². The van der Waals surface area contributed by atoms with Gasteiger partial charge in [0.25, 0.3) is 0 Å². The predicted molar refractivity (Wildman–Crippen MR) is 91.0 cm³/mol. The molecule has 2 rings (SSSR count). The molecule has 1 aromatic heterocycles. The molecule has 0 bridgehead atoms. The molecule has 0 atom stereocenters. The number of benzene rings is 1. The summed E-state index contributed by atoms with van der Waals surface area (Å²) in [6.07, 6.45) is 1.85. The fraction of sp³-hybridized carbons (Fsp3) is 0.375. The van der Waals surface area contributed by atoms with Crippen molar-refractivity contribution in [1.82, 2.24) is 15.6 Å². The van der Waals surface area contributed by atoms with E-state index >= 15 is 0 Å². The van der Waals surface area contributed by atoms with Gasteiger partial charge in [-0.25, -0.2) is 9.37 Å². The Labute approximate surface area is 139 Å². The maximum absolute atomic E-state index is 13.6. The van der Waals surface area contributed by atoms with Crippen molar-refractivity contribution in [2.75, 3.05) is 14.2 Å². The number of nitrogens with zero attached hydrogens (tertiary/aromatic N) is 2. The first-order valence-electron chi connectivity index (χ1n) is 7.24. The number of rotatable bonds is 6. The van der Waals surface area contributed by atoms with Gasteiger partial charge in [-0.15, -0.1) is 11.3 Å². The number of aromatic nitrogens is 1. The molecule has 0 saturated carbocycles. The van der Waals surface area contributed by atoms with Gasteiger partial charge in [0, 0.05) is 37.3 Å². The molecular formula is C16H21FN4OS. The highest BCUT2D eigenvalue weighted by atomic mass is 32.1. The Morgan fingerprint density at radius 1 is 1.35 bits per heavy atom. The molecule has 124 valence electrons. The molecule has 0 spiro atoms. The van der Waals surface area contributed by atoms with Crippen LogP contribution in [0.5, 0.6) is 0 Å². The van der Waals surface area contributed by atoms with Gasteiger partial charge in [-0.2, -0.15) is 0 Å². The Balaban J connectivity index is 1.89. The second-order valence-electron chi connectivity index (χ2n) is 5.00. The average Bonchev–Trinajstić information content (AvgIpc) is 2.96. The quantitative estimate of drug-likeness (QED) is 0.629. The summed E-state index contributed by atoms with van der Waals surface area (Å²) < 4.78 is 18.6. The lowest BCUT2D eigenvalue weighted by atomic mass is 10.1. The highest BCUT2D eigenvalue weighted by Gasteiger charge is 2.05. The molecule has 2 aromatic rings. The molecule has 1 aromatic carbocycles. The molecule has 0 aliphatic heterocycles. The van der Waals surface area contributed by atoms with E-state index in [4.69, 9.17) is 4.74 Å². The van der Waals surface area contributed by atoms with Crippen molar-refractivity contribution >= 4 is 17.3 Å². The second-order valence-corrected chi connectivity index (χ2v) is 6.32. The van der Waals surface area contributed by atoms with Crippen LogP contribution in [0, 0.1) is 12.7 Å². The van der Waals surface area contributed by atoms with Gasteiger partial charge in [-0.3, -0.25) is 4.99 Å². The first kappa shape index (κ1) is 17.4. The standard InChI is InChI=1S/C16H21FN4OS/c1-11-7-19-15(23-11)9-21-16(18-2)20-8-12-4-5-14(17)13(6-12)10-22-3/h4-7H,8-10H2,1-3H3,(H2,18,20,21). The summed E-state index contributed by atoms with van der Waals surface area (Å²) >= 11 is 1.65. The van der Waals surface area contributed by atoms with Crippen LogP contribution in [-0.4, -0.2) is 25.1 Å². The summed E-state index contributed by atoms with van der Waals surface area (Å²) in [5.41, 5.74) is 1.51. The zero-order valence-electron chi connectivity index (χ0n) is 13.5. The number of hydrogen-bond acceptors (Lipinski definition) is 4. The van der Waals surface area contributed by atoms with Crippen LogP contribution in [0.1, 0.15) is 21.0 Å². The minimum atomic E-state index is -0.253. The zero-order chi connectivity index (χ0) is 16.7. The SMILES string of the molecule is CN=C(NCc1ccc(F)c(COC)c1)NCc1ncc(C)s1. The fourth-order valence-electron chi connectivity index (χ4n) is 2.05. The van der Waals surface area contributed by atoms with Crippen LogP contribution in [0.2, 0.25) is 0 Å². The van der Waals surface area contributed by atoms with Crippen LogP contribution in [0.3, 0.4) is 0 Å². The maximum Gasteiger partial charge on any atom is 0.191 e. The van der Waals surface area contributed by atoms with E-state index in [0.29, 0.717) is 24.6 Å². The highest BCUT2D eigenvalue weighted by Crippen LogP contribution is 2.12.